The summed E-state index contributed by atoms with van der Waals surface area (Å²) in [5, 5.41) is 12.0. The minimum Gasteiger partial charge on any atom is -0.423 e. The zero-order valence-corrected chi connectivity index (χ0v) is 16.8. The number of halogens is 4. The summed E-state index contributed by atoms with van der Waals surface area (Å²) in [5.74, 6) is -4.39. The number of hydrogen-bond donors (Lipinski definition) is 2. The van der Waals surface area contributed by atoms with Crippen molar-refractivity contribution in [2.75, 3.05) is 18.4 Å². The number of oxazole rings is 1. The molecule has 1 saturated heterocycles. The van der Waals surface area contributed by atoms with Gasteiger partial charge < -0.3 is 14.8 Å². The molecule has 0 bridgehead atoms. The summed E-state index contributed by atoms with van der Waals surface area (Å²) in [6, 6.07) is 3.76. The van der Waals surface area contributed by atoms with E-state index in [0.29, 0.717) is 12.8 Å². The maximum atomic E-state index is 13.4. The topological polar surface area (TPSA) is 95.7 Å². The van der Waals surface area contributed by atoms with Crippen LogP contribution in [0.15, 0.2) is 33.6 Å². The lowest BCUT2D eigenvalue weighted by Crippen LogP contribution is -2.40. The molecule has 2 heterocycles. The largest absolute Gasteiger partial charge is 0.423 e. The number of nitrogens with one attached hydrogen (secondary N) is 1. The van der Waals surface area contributed by atoms with Crippen LogP contribution < -0.4 is 5.32 Å². The van der Waals surface area contributed by atoms with Crippen LogP contribution in [0.4, 0.5) is 24.9 Å². The SMILES string of the molecule is O=S(=O)(c1cc2oc(Nc3cc(F)c(F)c(F)c3)nc2cc1Cl)N1CCC(O)CC1. The Morgan fingerprint density at radius 2 is 1.77 bits per heavy atom. The van der Waals surface area contributed by atoms with Crippen LogP contribution in [0.5, 0.6) is 0 Å². The monoisotopic (exact) mass is 461 g/mol. The Hall–Kier alpha value is -2.34. The Bertz CT molecular complexity index is 1200. The highest BCUT2D eigenvalue weighted by Gasteiger charge is 2.31. The number of aromatic nitrogens is 1. The van der Waals surface area contributed by atoms with E-state index in [0.717, 1.165) is 12.1 Å². The normalized spacial score (nSPS) is 16.3. The van der Waals surface area contributed by atoms with Gasteiger partial charge in [-0.1, -0.05) is 11.6 Å². The number of anilines is 2. The van der Waals surface area contributed by atoms with E-state index in [1.165, 1.54) is 16.4 Å². The van der Waals surface area contributed by atoms with Crippen LogP contribution in [-0.2, 0) is 10.0 Å². The molecule has 0 aliphatic carbocycles. The van der Waals surface area contributed by atoms with Gasteiger partial charge in [-0.2, -0.15) is 9.29 Å². The van der Waals surface area contributed by atoms with Crippen molar-refractivity contribution in [1.82, 2.24) is 9.29 Å². The van der Waals surface area contributed by atoms with Crippen LogP contribution in [0.2, 0.25) is 5.02 Å². The van der Waals surface area contributed by atoms with Gasteiger partial charge in [0.25, 0.3) is 6.01 Å². The number of aliphatic hydroxyl groups excluding tert-OH is 1. The van der Waals surface area contributed by atoms with Crippen LogP contribution >= 0.6 is 11.6 Å². The Balaban J connectivity index is 1.66. The van der Waals surface area contributed by atoms with Gasteiger partial charge in [0, 0.05) is 37.0 Å². The molecule has 0 spiro atoms. The lowest BCUT2D eigenvalue weighted by Gasteiger charge is -2.28. The van der Waals surface area contributed by atoms with Crippen molar-refractivity contribution < 1.29 is 31.1 Å². The molecule has 160 valence electrons. The van der Waals surface area contributed by atoms with Gasteiger partial charge in [-0.25, -0.2) is 21.6 Å². The maximum Gasteiger partial charge on any atom is 0.300 e. The number of piperidine rings is 1. The second-order valence-corrected chi connectivity index (χ2v) is 9.10. The fourth-order valence-corrected chi connectivity index (χ4v) is 5.14. The molecule has 1 aromatic heterocycles. The van der Waals surface area contributed by atoms with Crippen LogP contribution in [0.3, 0.4) is 0 Å². The average molecular weight is 462 g/mol. The molecule has 0 saturated carbocycles. The molecule has 0 unspecified atom stereocenters. The Morgan fingerprint density at radius 3 is 2.40 bits per heavy atom. The highest BCUT2D eigenvalue weighted by atomic mass is 35.5. The summed E-state index contributed by atoms with van der Waals surface area (Å²) >= 11 is 6.17. The molecule has 0 amide bonds. The van der Waals surface area contributed by atoms with Gasteiger partial charge in [0.05, 0.1) is 11.1 Å². The third-order valence-corrected chi connectivity index (χ3v) is 7.08. The van der Waals surface area contributed by atoms with Gasteiger partial charge in [0.2, 0.25) is 10.0 Å². The third-order valence-electron chi connectivity index (χ3n) is 4.72. The molecule has 1 aliphatic heterocycles. The summed E-state index contributed by atoms with van der Waals surface area (Å²) < 4.78 is 72.4. The number of aliphatic hydroxyl groups is 1. The summed E-state index contributed by atoms with van der Waals surface area (Å²) in [6.45, 7) is 0.311. The molecule has 7 nitrogen and oxygen atoms in total. The van der Waals surface area contributed by atoms with Gasteiger partial charge in [0.15, 0.2) is 23.0 Å². The van der Waals surface area contributed by atoms with E-state index in [1.54, 1.807) is 0 Å². The van der Waals surface area contributed by atoms with Crippen molar-refractivity contribution >= 4 is 44.4 Å². The summed E-state index contributed by atoms with van der Waals surface area (Å²) in [4.78, 5) is 3.87. The van der Waals surface area contributed by atoms with Gasteiger partial charge in [0.1, 0.15) is 10.4 Å². The van der Waals surface area contributed by atoms with E-state index >= 15 is 0 Å². The molecule has 1 fully saturated rings. The van der Waals surface area contributed by atoms with Gasteiger partial charge in [-0.15, -0.1) is 0 Å². The zero-order chi connectivity index (χ0) is 21.6. The van der Waals surface area contributed by atoms with Crippen LogP contribution in [0.25, 0.3) is 11.1 Å². The Labute approximate surface area is 174 Å². The molecule has 12 heteroatoms. The molecular formula is C18H15ClF3N3O4S. The number of nitrogens with zero attached hydrogens (tertiary/aromatic N) is 2. The van der Waals surface area contributed by atoms with Crippen molar-refractivity contribution in [3.8, 4) is 0 Å². The minimum absolute atomic E-state index is 0.0700. The fourth-order valence-electron chi connectivity index (χ4n) is 3.15. The minimum atomic E-state index is -3.93. The molecule has 1 aliphatic rings. The van der Waals surface area contributed by atoms with Gasteiger partial charge in [-0.05, 0) is 18.9 Å². The highest BCUT2D eigenvalue weighted by Crippen LogP contribution is 2.33. The molecular weight excluding hydrogens is 447 g/mol. The lowest BCUT2D eigenvalue weighted by atomic mass is 10.1. The van der Waals surface area contributed by atoms with Crippen molar-refractivity contribution in [2.45, 2.75) is 23.8 Å². The molecule has 2 aromatic carbocycles. The zero-order valence-electron chi connectivity index (χ0n) is 15.2. The summed E-state index contributed by atoms with van der Waals surface area (Å²) in [6.07, 6.45) is 0.0963. The molecule has 2 N–H and O–H groups in total. The van der Waals surface area contributed by atoms with Crippen LogP contribution in [0, 0.1) is 17.5 Å². The fraction of sp³-hybridized carbons (Fsp3) is 0.278. The van der Waals surface area contributed by atoms with E-state index in [4.69, 9.17) is 16.0 Å². The number of fused-ring (bicyclic) bond motifs is 1. The lowest BCUT2D eigenvalue weighted by molar-refractivity contribution is 0.113. The average Bonchev–Trinajstić information content (AvgIpc) is 3.06. The Morgan fingerprint density at radius 1 is 1.13 bits per heavy atom. The quantitative estimate of drug-likeness (QED) is 0.574. The highest BCUT2D eigenvalue weighted by molar-refractivity contribution is 7.89. The number of hydrogen-bond acceptors (Lipinski definition) is 6. The van der Waals surface area contributed by atoms with Gasteiger partial charge in [-0.3, -0.25) is 0 Å². The smallest absolute Gasteiger partial charge is 0.300 e. The summed E-state index contributed by atoms with van der Waals surface area (Å²) in [5.41, 5.74) is 0.128. The molecule has 30 heavy (non-hydrogen) atoms. The van der Waals surface area contributed by atoms with Crippen LogP contribution in [-0.4, -0.2) is 42.0 Å². The third kappa shape index (κ3) is 3.85. The summed E-state index contributed by atoms with van der Waals surface area (Å²) in [7, 11) is -3.93. The van der Waals surface area contributed by atoms with Crippen molar-refractivity contribution in [2.24, 2.45) is 0 Å². The van der Waals surface area contributed by atoms with Gasteiger partial charge >= 0.3 is 0 Å². The molecule has 4 rings (SSSR count). The van der Waals surface area contributed by atoms with E-state index < -0.39 is 33.6 Å². The number of rotatable bonds is 4. The van der Waals surface area contributed by atoms with Crippen molar-refractivity contribution in [3.05, 3.63) is 46.7 Å². The molecule has 0 atom stereocenters. The van der Waals surface area contributed by atoms with E-state index in [1.807, 2.05) is 0 Å². The van der Waals surface area contributed by atoms with E-state index in [9.17, 15) is 26.7 Å². The second-order valence-electron chi connectivity index (χ2n) is 6.78. The predicted octanol–water partition coefficient (Wildman–Crippen LogP) is 3.79. The second kappa shape index (κ2) is 7.73. The molecule has 3 aromatic rings. The maximum absolute atomic E-state index is 13.4. The first-order valence-corrected chi connectivity index (χ1v) is 10.7. The first-order valence-electron chi connectivity index (χ1n) is 8.85. The number of benzene rings is 2. The predicted molar refractivity (Wildman–Crippen MR) is 103 cm³/mol. The van der Waals surface area contributed by atoms with Crippen molar-refractivity contribution in [3.63, 3.8) is 0 Å². The van der Waals surface area contributed by atoms with Crippen LogP contribution in [0.1, 0.15) is 12.8 Å². The van der Waals surface area contributed by atoms with Crippen molar-refractivity contribution in [1.29, 1.82) is 0 Å². The molecule has 0 radical (unpaired) electrons. The standard InChI is InChI=1S/C18H15ClF3N3O4S/c19-11-7-14-15(8-16(11)30(27,28)25-3-1-10(26)2-4-25)29-18(24-14)23-9-5-12(20)17(22)13(21)6-9/h5-8,10,26H,1-4H2,(H,23,24). The number of sulfonamides is 1. The first-order chi connectivity index (χ1) is 14.1. The Kier molecular flexibility index (Phi) is 5.39. The van der Waals surface area contributed by atoms with E-state index in [2.05, 4.69) is 10.3 Å². The van der Waals surface area contributed by atoms with E-state index in [-0.39, 0.29) is 45.8 Å². The first kappa shape index (κ1) is 20.9.